The molecule has 0 radical (unpaired) electrons. The van der Waals surface area contributed by atoms with Crippen LogP contribution < -0.4 is 5.32 Å². The molecule has 6 nitrogen and oxygen atoms in total. The fourth-order valence-electron chi connectivity index (χ4n) is 3.21. The van der Waals surface area contributed by atoms with Crippen molar-refractivity contribution < 1.29 is 4.79 Å². The number of amides is 1. The van der Waals surface area contributed by atoms with E-state index in [1.54, 1.807) is 6.20 Å². The summed E-state index contributed by atoms with van der Waals surface area (Å²) in [6.45, 7) is 1.98. The number of carbonyl (C=O) groups is 1. The van der Waals surface area contributed by atoms with Gasteiger partial charge in [-0.2, -0.15) is 0 Å². The maximum absolute atomic E-state index is 12.5. The molecule has 24 heavy (non-hydrogen) atoms. The minimum Gasteiger partial charge on any atom is -0.320 e. The lowest BCUT2D eigenvalue weighted by molar-refractivity contribution is 0.102. The van der Waals surface area contributed by atoms with Gasteiger partial charge in [0, 0.05) is 17.6 Å². The van der Waals surface area contributed by atoms with Gasteiger partial charge >= 0.3 is 0 Å². The van der Waals surface area contributed by atoms with Gasteiger partial charge < -0.3 is 10.2 Å². The third-order valence-electron chi connectivity index (χ3n) is 4.52. The number of nitrogens with one attached hydrogen (secondary N) is 1. The third-order valence-corrected chi connectivity index (χ3v) is 4.52. The van der Waals surface area contributed by atoms with Crippen LogP contribution in [0.1, 0.15) is 23.0 Å². The number of hydrogen-bond donors (Lipinski definition) is 1. The van der Waals surface area contributed by atoms with Crippen LogP contribution in [0.4, 0.5) is 5.69 Å². The molecule has 1 aliphatic rings. The number of nitrogens with zero attached hydrogens (tertiary/aromatic N) is 4. The number of likely N-dealkylation sites (N-methyl/N-ethyl adjacent to an activating group) is 1. The van der Waals surface area contributed by atoms with Crippen molar-refractivity contribution in [3.63, 3.8) is 0 Å². The molecule has 1 aliphatic heterocycles. The maximum Gasteiger partial charge on any atom is 0.277 e. The molecule has 0 bridgehead atoms. The fourth-order valence-corrected chi connectivity index (χ4v) is 3.21. The van der Waals surface area contributed by atoms with Crippen molar-refractivity contribution in [3.05, 3.63) is 54.4 Å². The minimum absolute atomic E-state index is 0.232. The highest BCUT2D eigenvalue weighted by Gasteiger charge is 2.23. The Morgan fingerprint density at radius 1 is 1.21 bits per heavy atom. The van der Waals surface area contributed by atoms with Crippen molar-refractivity contribution in [2.24, 2.45) is 0 Å². The second-order valence-electron chi connectivity index (χ2n) is 6.27. The molecule has 3 aromatic rings. The second kappa shape index (κ2) is 6.05. The molecule has 6 heteroatoms. The van der Waals surface area contributed by atoms with Gasteiger partial charge in [-0.25, -0.2) is 4.68 Å². The molecule has 1 fully saturated rings. The van der Waals surface area contributed by atoms with Crippen molar-refractivity contribution in [3.8, 4) is 0 Å². The van der Waals surface area contributed by atoms with Crippen LogP contribution in [0.2, 0.25) is 0 Å². The molecule has 0 saturated carbocycles. The van der Waals surface area contributed by atoms with E-state index in [9.17, 15) is 4.79 Å². The van der Waals surface area contributed by atoms with Gasteiger partial charge in [-0.1, -0.05) is 41.6 Å². The number of benzene rings is 2. The Morgan fingerprint density at radius 2 is 2.04 bits per heavy atom. The Kier molecular flexibility index (Phi) is 3.74. The molecule has 1 amide bonds. The average molecular weight is 321 g/mol. The summed E-state index contributed by atoms with van der Waals surface area (Å²) in [4.78, 5) is 14.8. The number of fused-ring (bicyclic) bond motifs is 1. The zero-order valence-corrected chi connectivity index (χ0v) is 13.5. The number of rotatable bonds is 3. The highest BCUT2D eigenvalue weighted by Crippen LogP contribution is 2.24. The summed E-state index contributed by atoms with van der Waals surface area (Å²) in [5, 5.41) is 13.2. The van der Waals surface area contributed by atoms with Gasteiger partial charge in [-0.05, 0) is 31.5 Å². The molecule has 1 atom stereocenters. The van der Waals surface area contributed by atoms with Crippen LogP contribution in [0.3, 0.4) is 0 Å². The standard InChI is InChI=1S/C18H19N5O/c1-22-10-9-14(11-22)23-12-17(20-21-23)18(24)19-16-8-4-6-13-5-2-3-7-15(13)16/h2-8,12,14H,9-11H2,1H3,(H,19,24). The maximum atomic E-state index is 12.5. The number of likely N-dealkylation sites (tertiary alicyclic amines) is 1. The van der Waals surface area contributed by atoms with Crippen LogP contribution in [0.5, 0.6) is 0 Å². The Morgan fingerprint density at radius 3 is 2.88 bits per heavy atom. The lowest BCUT2D eigenvalue weighted by atomic mass is 10.1. The lowest BCUT2D eigenvalue weighted by Crippen LogP contribution is -2.17. The molecular weight excluding hydrogens is 302 g/mol. The molecule has 2 aromatic carbocycles. The normalized spacial score (nSPS) is 18.1. The van der Waals surface area contributed by atoms with E-state index in [1.165, 1.54) is 0 Å². The first-order valence-corrected chi connectivity index (χ1v) is 8.10. The number of aromatic nitrogens is 3. The van der Waals surface area contributed by atoms with E-state index in [-0.39, 0.29) is 5.91 Å². The van der Waals surface area contributed by atoms with E-state index >= 15 is 0 Å². The van der Waals surface area contributed by atoms with Gasteiger partial charge in [0.1, 0.15) is 0 Å². The number of carbonyl (C=O) groups excluding carboxylic acids is 1. The third kappa shape index (κ3) is 2.76. The first-order chi connectivity index (χ1) is 11.7. The Balaban J connectivity index is 1.55. The zero-order valence-electron chi connectivity index (χ0n) is 13.5. The van der Waals surface area contributed by atoms with Crippen molar-refractivity contribution in [1.82, 2.24) is 19.9 Å². The fraction of sp³-hybridized carbons (Fsp3) is 0.278. The molecule has 4 rings (SSSR count). The van der Waals surface area contributed by atoms with E-state index in [0.717, 1.165) is 36.0 Å². The van der Waals surface area contributed by atoms with Gasteiger partial charge in [0.2, 0.25) is 0 Å². The number of anilines is 1. The van der Waals surface area contributed by atoms with Gasteiger partial charge in [-0.3, -0.25) is 4.79 Å². The van der Waals surface area contributed by atoms with Crippen molar-refractivity contribution in [1.29, 1.82) is 0 Å². The Labute approximate surface area is 140 Å². The highest BCUT2D eigenvalue weighted by molar-refractivity contribution is 6.08. The average Bonchev–Trinajstić information content (AvgIpc) is 3.24. The summed E-state index contributed by atoms with van der Waals surface area (Å²) in [6.07, 6.45) is 2.77. The molecule has 2 heterocycles. The lowest BCUT2D eigenvalue weighted by Gasteiger charge is -2.09. The summed E-state index contributed by atoms with van der Waals surface area (Å²) in [5.74, 6) is -0.232. The predicted molar refractivity (Wildman–Crippen MR) is 93.1 cm³/mol. The van der Waals surface area contributed by atoms with Crippen LogP contribution in [-0.4, -0.2) is 45.9 Å². The van der Waals surface area contributed by atoms with E-state index < -0.39 is 0 Å². The summed E-state index contributed by atoms with van der Waals surface area (Å²) in [6, 6.07) is 14.1. The summed E-state index contributed by atoms with van der Waals surface area (Å²) < 4.78 is 1.81. The Bertz CT molecular complexity index is 883. The first-order valence-electron chi connectivity index (χ1n) is 8.10. The Hall–Kier alpha value is -2.73. The van der Waals surface area contributed by atoms with Gasteiger partial charge in [-0.15, -0.1) is 5.10 Å². The first kappa shape index (κ1) is 14.8. The SMILES string of the molecule is CN1CCC(n2cc(C(=O)Nc3cccc4ccccc34)nn2)C1. The molecule has 1 unspecified atom stereocenters. The highest BCUT2D eigenvalue weighted by atomic mass is 16.2. The topological polar surface area (TPSA) is 63.1 Å². The molecular formula is C18H19N5O. The summed E-state index contributed by atoms with van der Waals surface area (Å²) in [5.41, 5.74) is 1.13. The molecule has 0 aliphatic carbocycles. The zero-order chi connectivity index (χ0) is 16.5. The predicted octanol–water partition coefficient (Wildman–Crippen LogP) is 2.56. The van der Waals surface area contributed by atoms with Crippen LogP contribution in [-0.2, 0) is 0 Å². The van der Waals surface area contributed by atoms with Crippen LogP contribution >= 0.6 is 0 Å². The molecule has 122 valence electrons. The van der Waals surface area contributed by atoms with E-state index in [1.807, 2.05) is 47.1 Å². The van der Waals surface area contributed by atoms with Gasteiger partial charge in [0.05, 0.1) is 12.2 Å². The molecule has 1 saturated heterocycles. The smallest absolute Gasteiger partial charge is 0.277 e. The number of hydrogen-bond acceptors (Lipinski definition) is 4. The summed E-state index contributed by atoms with van der Waals surface area (Å²) in [7, 11) is 2.09. The quantitative estimate of drug-likeness (QED) is 0.805. The van der Waals surface area contributed by atoms with Crippen molar-refractivity contribution >= 4 is 22.4 Å². The molecule has 0 spiro atoms. The largest absolute Gasteiger partial charge is 0.320 e. The van der Waals surface area contributed by atoms with Crippen LogP contribution in [0.25, 0.3) is 10.8 Å². The van der Waals surface area contributed by atoms with Crippen molar-refractivity contribution in [2.45, 2.75) is 12.5 Å². The molecule has 1 N–H and O–H groups in total. The molecule has 1 aromatic heterocycles. The summed E-state index contributed by atoms with van der Waals surface area (Å²) >= 11 is 0. The van der Waals surface area contributed by atoms with Crippen LogP contribution in [0.15, 0.2) is 48.7 Å². The van der Waals surface area contributed by atoms with Crippen molar-refractivity contribution in [2.75, 3.05) is 25.5 Å². The van der Waals surface area contributed by atoms with Crippen LogP contribution in [0, 0.1) is 0 Å². The van der Waals surface area contributed by atoms with Gasteiger partial charge in [0.25, 0.3) is 5.91 Å². The van der Waals surface area contributed by atoms with E-state index in [2.05, 4.69) is 27.6 Å². The minimum atomic E-state index is -0.232. The van der Waals surface area contributed by atoms with Gasteiger partial charge in [0.15, 0.2) is 5.69 Å². The van der Waals surface area contributed by atoms with E-state index in [4.69, 9.17) is 0 Å². The second-order valence-corrected chi connectivity index (χ2v) is 6.27. The van der Waals surface area contributed by atoms with E-state index in [0.29, 0.717) is 11.7 Å². The monoisotopic (exact) mass is 321 g/mol.